The molecule has 1 N–H and O–H groups in total. The average molecular weight is 321 g/mol. The molecule has 1 aliphatic rings. The summed E-state index contributed by atoms with van der Waals surface area (Å²) in [7, 11) is 0. The Kier molecular flexibility index (Phi) is 3.99. The summed E-state index contributed by atoms with van der Waals surface area (Å²) in [6.07, 6.45) is 9.22. The van der Waals surface area contributed by atoms with Crippen molar-refractivity contribution in [2.45, 2.75) is 38.1 Å². The number of oxazole rings is 1. The van der Waals surface area contributed by atoms with Crippen molar-refractivity contribution in [3.63, 3.8) is 0 Å². The maximum absolute atomic E-state index is 12.5. The lowest BCUT2D eigenvalue weighted by atomic mass is 9.95. The summed E-state index contributed by atoms with van der Waals surface area (Å²) in [6, 6.07) is 9.43. The number of hydrogen-bond donors (Lipinski definition) is 1. The highest BCUT2D eigenvalue weighted by atomic mass is 16.3. The van der Waals surface area contributed by atoms with Gasteiger partial charge in [0.05, 0.1) is 5.56 Å². The molecular weight excluding hydrogens is 302 g/mol. The highest BCUT2D eigenvalue weighted by Crippen LogP contribution is 2.24. The van der Waals surface area contributed by atoms with Crippen LogP contribution in [0.25, 0.3) is 22.6 Å². The Labute approximate surface area is 140 Å². The highest BCUT2D eigenvalue weighted by molar-refractivity contribution is 5.97. The van der Waals surface area contributed by atoms with Crippen molar-refractivity contribution in [1.29, 1.82) is 0 Å². The molecule has 0 aliphatic heterocycles. The highest BCUT2D eigenvalue weighted by Gasteiger charge is 2.17. The number of aromatic nitrogens is 2. The topological polar surface area (TPSA) is 68.0 Å². The molecule has 2 heterocycles. The third-order valence-corrected chi connectivity index (χ3v) is 4.50. The molecule has 0 unspecified atom stereocenters. The predicted molar refractivity (Wildman–Crippen MR) is 91.6 cm³/mol. The molecular formula is C19H19N3O2. The standard InChI is InChI=1S/C19H19N3O2/c23-18(21-15-6-2-1-3-7-15)13-8-9-16-17(11-13)24-19(22-16)14-5-4-10-20-12-14/h4-5,8-12,15H,1-3,6-7H2,(H,21,23). The van der Waals surface area contributed by atoms with E-state index in [1.165, 1.54) is 19.3 Å². The van der Waals surface area contributed by atoms with E-state index in [1.807, 2.05) is 18.2 Å². The van der Waals surface area contributed by atoms with Gasteiger partial charge in [0.25, 0.3) is 5.91 Å². The van der Waals surface area contributed by atoms with E-state index in [4.69, 9.17) is 4.42 Å². The minimum absolute atomic E-state index is 0.0388. The van der Waals surface area contributed by atoms with Crippen molar-refractivity contribution >= 4 is 17.0 Å². The van der Waals surface area contributed by atoms with Gasteiger partial charge in [0.1, 0.15) is 5.52 Å². The number of nitrogens with one attached hydrogen (secondary N) is 1. The largest absolute Gasteiger partial charge is 0.436 e. The van der Waals surface area contributed by atoms with E-state index in [0.717, 1.165) is 23.9 Å². The summed E-state index contributed by atoms with van der Waals surface area (Å²) in [6.45, 7) is 0. The minimum Gasteiger partial charge on any atom is -0.436 e. The Balaban J connectivity index is 1.57. The normalized spacial score (nSPS) is 15.5. The Morgan fingerprint density at radius 2 is 2.04 bits per heavy atom. The molecule has 5 heteroatoms. The number of hydrogen-bond acceptors (Lipinski definition) is 4. The van der Waals surface area contributed by atoms with Crippen LogP contribution in [0.1, 0.15) is 42.5 Å². The first-order chi connectivity index (χ1) is 11.8. The van der Waals surface area contributed by atoms with Gasteiger partial charge in [0.2, 0.25) is 5.89 Å². The van der Waals surface area contributed by atoms with Crippen LogP contribution < -0.4 is 5.32 Å². The van der Waals surface area contributed by atoms with Crippen LogP contribution in [0, 0.1) is 0 Å². The van der Waals surface area contributed by atoms with E-state index in [9.17, 15) is 4.79 Å². The van der Waals surface area contributed by atoms with Crippen molar-refractivity contribution in [2.24, 2.45) is 0 Å². The molecule has 0 radical (unpaired) electrons. The van der Waals surface area contributed by atoms with E-state index < -0.39 is 0 Å². The Morgan fingerprint density at radius 3 is 2.83 bits per heavy atom. The van der Waals surface area contributed by atoms with Crippen molar-refractivity contribution < 1.29 is 9.21 Å². The Morgan fingerprint density at radius 1 is 1.17 bits per heavy atom. The molecule has 0 saturated heterocycles. The first kappa shape index (κ1) is 14.9. The zero-order valence-electron chi connectivity index (χ0n) is 13.4. The van der Waals surface area contributed by atoms with Crippen LogP contribution in [-0.4, -0.2) is 21.9 Å². The van der Waals surface area contributed by atoms with Gasteiger partial charge in [-0.3, -0.25) is 9.78 Å². The van der Waals surface area contributed by atoms with Gasteiger partial charge in [0.15, 0.2) is 5.58 Å². The fourth-order valence-corrected chi connectivity index (χ4v) is 3.19. The van der Waals surface area contributed by atoms with E-state index in [0.29, 0.717) is 23.1 Å². The molecule has 1 amide bonds. The van der Waals surface area contributed by atoms with Gasteiger partial charge in [-0.2, -0.15) is 0 Å². The number of pyridine rings is 1. The molecule has 2 aromatic heterocycles. The monoisotopic (exact) mass is 321 g/mol. The van der Waals surface area contributed by atoms with Gasteiger partial charge < -0.3 is 9.73 Å². The van der Waals surface area contributed by atoms with Crippen molar-refractivity contribution in [1.82, 2.24) is 15.3 Å². The zero-order valence-corrected chi connectivity index (χ0v) is 13.4. The summed E-state index contributed by atoms with van der Waals surface area (Å²) < 4.78 is 5.80. The number of nitrogens with zero attached hydrogens (tertiary/aromatic N) is 2. The van der Waals surface area contributed by atoms with Crippen LogP contribution in [-0.2, 0) is 0 Å². The lowest BCUT2D eigenvalue weighted by Gasteiger charge is -2.22. The third-order valence-electron chi connectivity index (χ3n) is 4.50. The first-order valence-corrected chi connectivity index (χ1v) is 8.41. The van der Waals surface area contributed by atoms with Gasteiger partial charge in [-0.1, -0.05) is 19.3 Å². The molecule has 3 aromatic rings. The van der Waals surface area contributed by atoms with E-state index in [1.54, 1.807) is 24.5 Å². The van der Waals surface area contributed by atoms with Crippen LogP contribution in [0.4, 0.5) is 0 Å². The summed E-state index contributed by atoms with van der Waals surface area (Å²) in [5.41, 5.74) is 2.79. The summed E-state index contributed by atoms with van der Waals surface area (Å²) in [4.78, 5) is 21.0. The summed E-state index contributed by atoms with van der Waals surface area (Å²) in [5, 5.41) is 3.13. The summed E-state index contributed by atoms with van der Waals surface area (Å²) >= 11 is 0. The van der Waals surface area contributed by atoms with Crippen LogP contribution in [0.3, 0.4) is 0 Å². The average Bonchev–Trinajstić information content (AvgIpc) is 3.06. The second-order valence-corrected chi connectivity index (χ2v) is 6.25. The van der Waals surface area contributed by atoms with Crippen LogP contribution in [0.15, 0.2) is 47.1 Å². The number of carbonyl (C=O) groups is 1. The SMILES string of the molecule is O=C(NC1CCCCC1)c1ccc2nc(-c3cccnc3)oc2c1. The molecule has 122 valence electrons. The maximum atomic E-state index is 12.5. The lowest BCUT2D eigenvalue weighted by molar-refractivity contribution is 0.0927. The predicted octanol–water partition coefficient (Wildman–Crippen LogP) is 3.95. The number of fused-ring (bicyclic) bond motifs is 1. The zero-order chi connectivity index (χ0) is 16.4. The fourth-order valence-electron chi connectivity index (χ4n) is 3.19. The molecule has 1 saturated carbocycles. The molecule has 1 aromatic carbocycles. The smallest absolute Gasteiger partial charge is 0.251 e. The molecule has 4 rings (SSSR count). The van der Waals surface area contributed by atoms with Crippen molar-refractivity contribution in [3.05, 3.63) is 48.3 Å². The van der Waals surface area contributed by atoms with Gasteiger partial charge in [0, 0.05) is 24.0 Å². The second-order valence-electron chi connectivity index (χ2n) is 6.25. The molecule has 0 spiro atoms. The number of benzene rings is 1. The number of rotatable bonds is 3. The van der Waals surface area contributed by atoms with Gasteiger partial charge in [-0.25, -0.2) is 4.98 Å². The van der Waals surface area contributed by atoms with E-state index >= 15 is 0 Å². The van der Waals surface area contributed by atoms with Crippen LogP contribution in [0.5, 0.6) is 0 Å². The second kappa shape index (κ2) is 6.43. The van der Waals surface area contributed by atoms with E-state index in [-0.39, 0.29) is 5.91 Å². The van der Waals surface area contributed by atoms with Crippen LogP contribution in [0.2, 0.25) is 0 Å². The minimum atomic E-state index is -0.0388. The maximum Gasteiger partial charge on any atom is 0.251 e. The summed E-state index contributed by atoms with van der Waals surface area (Å²) in [5.74, 6) is 0.478. The third kappa shape index (κ3) is 3.02. The Hall–Kier alpha value is -2.69. The van der Waals surface area contributed by atoms with E-state index in [2.05, 4.69) is 15.3 Å². The molecule has 24 heavy (non-hydrogen) atoms. The van der Waals surface area contributed by atoms with Gasteiger partial charge in [-0.15, -0.1) is 0 Å². The van der Waals surface area contributed by atoms with Crippen LogP contribution >= 0.6 is 0 Å². The molecule has 1 aliphatic carbocycles. The van der Waals surface area contributed by atoms with Gasteiger partial charge >= 0.3 is 0 Å². The lowest BCUT2D eigenvalue weighted by Crippen LogP contribution is -2.36. The molecule has 0 bridgehead atoms. The Bertz CT molecular complexity index is 851. The van der Waals surface area contributed by atoms with Gasteiger partial charge in [-0.05, 0) is 43.2 Å². The number of carbonyl (C=O) groups excluding carboxylic acids is 1. The molecule has 0 atom stereocenters. The first-order valence-electron chi connectivity index (χ1n) is 8.41. The van der Waals surface area contributed by atoms with Crippen molar-refractivity contribution in [3.8, 4) is 11.5 Å². The van der Waals surface area contributed by atoms with Crippen molar-refractivity contribution in [2.75, 3.05) is 0 Å². The molecule has 1 fully saturated rings. The quantitative estimate of drug-likeness (QED) is 0.793. The molecule has 5 nitrogen and oxygen atoms in total. The number of amides is 1. The fraction of sp³-hybridized carbons (Fsp3) is 0.316.